The van der Waals surface area contributed by atoms with Gasteiger partial charge in [-0.25, -0.2) is 4.79 Å². The minimum atomic E-state index is -0.0267. The van der Waals surface area contributed by atoms with Gasteiger partial charge in [0.1, 0.15) is 0 Å². The van der Waals surface area contributed by atoms with Crippen LogP contribution in [0, 0.1) is 0 Å². The monoisotopic (exact) mass is 344 g/mol. The molecule has 0 saturated carbocycles. The number of urea groups is 1. The lowest BCUT2D eigenvalue weighted by Crippen LogP contribution is -2.56. The Kier molecular flexibility index (Phi) is 5.91. The summed E-state index contributed by atoms with van der Waals surface area (Å²) in [4.78, 5) is 30.9. The largest absolute Gasteiger partial charge is 0.338 e. The Labute approximate surface area is 149 Å². The van der Waals surface area contributed by atoms with Gasteiger partial charge in [-0.15, -0.1) is 0 Å². The molecule has 25 heavy (non-hydrogen) atoms. The molecule has 2 aliphatic heterocycles. The minimum absolute atomic E-state index is 0.0174. The van der Waals surface area contributed by atoms with Crippen molar-refractivity contribution in [2.24, 2.45) is 0 Å². The lowest BCUT2D eigenvalue weighted by Gasteiger charge is -2.37. The van der Waals surface area contributed by atoms with Crippen molar-refractivity contribution >= 4 is 11.9 Å². The Morgan fingerprint density at radius 2 is 1.72 bits per heavy atom. The van der Waals surface area contributed by atoms with Crippen LogP contribution in [0.15, 0.2) is 30.3 Å². The first-order valence-electron chi connectivity index (χ1n) is 9.28. The quantitative estimate of drug-likeness (QED) is 0.901. The molecule has 6 nitrogen and oxygen atoms in total. The SMILES string of the molecule is CCNC(=O)N1CCN(C(=O)[C@H]2CCCN2Cc2ccccc2)CC1. The predicted molar refractivity (Wildman–Crippen MR) is 97.1 cm³/mol. The second kappa shape index (κ2) is 8.34. The van der Waals surface area contributed by atoms with E-state index in [1.807, 2.05) is 30.0 Å². The first-order chi connectivity index (χ1) is 12.2. The standard InChI is InChI=1S/C19H28N4O2/c1-2-20-19(25)22-13-11-21(12-14-22)18(24)17-9-6-10-23(17)15-16-7-4-3-5-8-16/h3-5,7-8,17H,2,6,9-15H2,1H3,(H,20,25)/t17-/m1/s1. The van der Waals surface area contributed by atoms with Crippen LogP contribution >= 0.6 is 0 Å². The number of hydrogen-bond donors (Lipinski definition) is 1. The summed E-state index contributed by atoms with van der Waals surface area (Å²) in [6.45, 7) is 6.84. The average molecular weight is 344 g/mol. The number of benzene rings is 1. The lowest BCUT2D eigenvalue weighted by molar-refractivity contribution is -0.137. The fraction of sp³-hybridized carbons (Fsp3) is 0.579. The topological polar surface area (TPSA) is 55.9 Å². The third-order valence-electron chi connectivity index (χ3n) is 5.08. The van der Waals surface area contributed by atoms with Crippen LogP contribution in [0.3, 0.4) is 0 Å². The van der Waals surface area contributed by atoms with Gasteiger partial charge in [-0.3, -0.25) is 9.69 Å². The van der Waals surface area contributed by atoms with Crippen molar-refractivity contribution in [3.05, 3.63) is 35.9 Å². The summed E-state index contributed by atoms with van der Waals surface area (Å²) in [6, 6.07) is 10.3. The molecule has 0 bridgehead atoms. The van der Waals surface area contributed by atoms with Gasteiger partial charge in [0.2, 0.25) is 5.91 Å². The van der Waals surface area contributed by atoms with E-state index in [1.165, 1.54) is 5.56 Å². The van der Waals surface area contributed by atoms with Crippen LogP contribution in [0.1, 0.15) is 25.3 Å². The smallest absolute Gasteiger partial charge is 0.317 e. The molecule has 2 heterocycles. The van der Waals surface area contributed by atoms with E-state index in [0.717, 1.165) is 25.9 Å². The number of carbonyl (C=O) groups is 2. The number of piperazine rings is 1. The summed E-state index contributed by atoms with van der Waals surface area (Å²) < 4.78 is 0. The summed E-state index contributed by atoms with van der Waals surface area (Å²) in [7, 11) is 0. The van der Waals surface area contributed by atoms with E-state index in [4.69, 9.17) is 0 Å². The fourth-order valence-electron chi connectivity index (χ4n) is 3.72. The second-order valence-corrected chi connectivity index (χ2v) is 6.76. The lowest BCUT2D eigenvalue weighted by atomic mass is 10.1. The van der Waals surface area contributed by atoms with E-state index >= 15 is 0 Å². The molecular formula is C19H28N4O2. The highest BCUT2D eigenvalue weighted by Crippen LogP contribution is 2.22. The zero-order valence-corrected chi connectivity index (χ0v) is 15.0. The van der Waals surface area contributed by atoms with Crippen molar-refractivity contribution in [1.29, 1.82) is 0 Å². The van der Waals surface area contributed by atoms with Gasteiger partial charge in [-0.05, 0) is 31.9 Å². The van der Waals surface area contributed by atoms with Crippen LogP contribution in [0.2, 0.25) is 0 Å². The normalized spacial score (nSPS) is 21.4. The molecule has 0 aliphatic carbocycles. The highest BCUT2D eigenvalue weighted by molar-refractivity contribution is 5.82. The van der Waals surface area contributed by atoms with Gasteiger partial charge < -0.3 is 15.1 Å². The molecule has 6 heteroatoms. The maximum atomic E-state index is 13.0. The van der Waals surface area contributed by atoms with Gasteiger partial charge in [-0.1, -0.05) is 30.3 Å². The first-order valence-corrected chi connectivity index (χ1v) is 9.28. The molecule has 0 aromatic heterocycles. The number of likely N-dealkylation sites (tertiary alicyclic amines) is 1. The summed E-state index contributed by atoms with van der Waals surface area (Å²) >= 11 is 0. The third-order valence-corrected chi connectivity index (χ3v) is 5.08. The Bertz CT molecular complexity index is 584. The molecule has 0 spiro atoms. The summed E-state index contributed by atoms with van der Waals surface area (Å²) in [5, 5.41) is 2.82. The van der Waals surface area contributed by atoms with Gasteiger partial charge in [0.25, 0.3) is 0 Å². The van der Waals surface area contributed by atoms with Crippen molar-refractivity contribution in [2.75, 3.05) is 39.3 Å². The summed E-state index contributed by atoms with van der Waals surface area (Å²) in [5.74, 6) is 0.226. The Hall–Kier alpha value is -2.08. The van der Waals surface area contributed by atoms with E-state index < -0.39 is 0 Å². The zero-order chi connectivity index (χ0) is 17.6. The third kappa shape index (κ3) is 4.31. The fourth-order valence-corrected chi connectivity index (χ4v) is 3.72. The second-order valence-electron chi connectivity index (χ2n) is 6.76. The zero-order valence-electron chi connectivity index (χ0n) is 15.0. The maximum absolute atomic E-state index is 13.0. The Balaban J connectivity index is 1.55. The van der Waals surface area contributed by atoms with Crippen molar-refractivity contribution in [3.8, 4) is 0 Å². The molecule has 2 fully saturated rings. The molecule has 1 aromatic rings. The van der Waals surface area contributed by atoms with Crippen LogP contribution in [0.4, 0.5) is 4.79 Å². The van der Waals surface area contributed by atoms with E-state index in [1.54, 1.807) is 4.90 Å². The van der Waals surface area contributed by atoms with Crippen molar-refractivity contribution < 1.29 is 9.59 Å². The van der Waals surface area contributed by atoms with E-state index in [9.17, 15) is 9.59 Å². The summed E-state index contributed by atoms with van der Waals surface area (Å²) in [5.41, 5.74) is 1.25. The van der Waals surface area contributed by atoms with Gasteiger partial charge in [0.05, 0.1) is 6.04 Å². The predicted octanol–water partition coefficient (Wildman–Crippen LogP) is 1.52. The average Bonchev–Trinajstić information content (AvgIpc) is 3.10. The van der Waals surface area contributed by atoms with Gasteiger partial charge in [-0.2, -0.15) is 0 Å². The van der Waals surface area contributed by atoms with Crippen molar-refractivity contribution in [2.45, 2.75) is 32.4 Å². The van der Waals surface area contributed by atoms with Crippen LogP contribution in [-0.2, 0) is 11.3 Å². The van der Waals surface area contributed by atoms with Crippen LogP contribution in [0.25, 0.3) is 0 Å². The van der Waals surface area contributed by atoms with Crippen LogP contribution < -0.4 is 5.32 Å². The highest BCUT2D eigenvalue weighted by Gasteiger charge is 2.35. The van der Waals surface area contributed by atoms with Gasteiger partial charge in [0.15, 0.2) is 0 Å². The molecule has 2 saturated heterocycles. The van der Waals surface area contributed by atoms with Crippen molar-refractivity contribution in [1.82, 2.24) is 20.0 Å². The number of nitrogens with one attached hydrogen (secondary N) is 1. The molecule has 3 amide bonds. The molecule has 1 atom stereocenters. The Morgan fingerprint density at radius 1 is 1.04 bits per heavy atom. The van der Waals surface area contributed by atoms with Crippen molar-refractivity contribution in [3.63, 3.8) is 0 Å². The number of amides is 3. The minimum Gasteiger partial charge on any atom is -0.338 e. The molecule has 136 valence electrons. The molecule has 0 radical (unpaired) electrons. The van der Waals surface area contributed by atoms with E-state index in [0.29, 0.717) is 32.7 Å². The van der Waals surface area contributed by atoms with Crippen LogP contribution in [0.5, 0.6) is 0 Å². The first kappa shape index (κ1) is 17.7. The number of carbonyl (C=O) groups excluding carboxylic acids is 2. The number of nitrogens with zero attached hydrogens (tertiary/aromatic N) is 3. The molecular weight excluding hydrogens is 316 g/mol. The molecule has 1 N–H and O–H groups in total. The molecule has 2 aliphatic rings. The Morgan fingerprint density at radius 3 is 2.40 bits per heavy atom. The van der Waals surface area contributed by atoms with E-state index in [2.05, 4.69) is 22.3 Å². The van der Waals surface area contributed by atoms with Gasteiger partial charge in [0, 0.05) is 39.3 Å². The highest BCUT2D eigenvalue weighted by atomic mass is 16.2. The van der Waals surface area contributed by atoms with Gasteiger partial charge >= 0.3 is 6.03 Å². The molecule has 1 aromatic carbocycles. The summed E-state index contributed by atoms with van der Waals surface area (Å²) in [6.07, 6.45) is 2.00. The maximum Gasteiger partial charge on any atom is 0.317 e. The molecule has 0 unspecified atom stereocenters. The number of rotatable bonds is 4. The molecule has 3 rings (SSSR count). The van der Waals surface area contributed by atoms with Crippen LogP contribution in [-0.4, -0.2) is 71.9 Å². The van der Waals surface area contributed by atoms with E-state index in [-0.39, 0.29) is 18.0 Å². The number of hydrogen-bond acceptors (Lipinski definition) is 3.